The van der Waals surface area contributed by atoms with Gasteiger partial charge in [-0.1, -0.05) is 12.1 Å². The van der Waals surface area contributed by atoms with Gasteiger partial charge < -0.3 is 10.2 Å². The van der Waals surface area contributed by atoms with Crippen LogP contribution in [0.2, 0.25) is 0 Å². The SMILES string of the molecule is CCCNC(=O)CCCCCON=C(C)C. The predicted molar refractivity (Wildman–Crippen MR) is 66.5 cm³/mol. The van der Waals surface area contributed by atoms with E-state index in [1.54, 1.807) is 0 Å². The van der Waals surface area contributed by atoms with Crippen LogP contribution in [0, 0.1) is 0 Å². The zero-order chi connectivity index (χ0) is 12.2. The first-order valence-corrected chi connectivity index (χ1v) is 6.06. The largest absolute Gasteiger partial charge is 0.396 e. The molecule has 0 unspecified atom stereocenters. The summed E-state index contributed by atoms with van der Waals surface area (Å²) in [5.74, 6) is 0.158. The Balaban J connectivity index is 3.20. The van der Waals surface area contributed by atoms with Gasteiger partial charge in [0.05, 0.1) is 5.71 Å². The molecular weight excluding hydrogens is 204 g/mol. The molecule has 0 saturated heterocycles. The van der Waals surface area contributed by atoms with Crippen LogP contribution in [-0.2, 0) is 9.63 Å². The van der Waals surface area contributed by atoms with E-state index >= 15 is 0 Å². The summed E-state index contributed by atoms with van der Waals surface area (Å²) >= 11 is 0. The molecule has 0 fully saturated rings. The maximum atomic E-state index is 11.2. The maximum Gasteiger partial charge on any atom is 0.219 e. The number of carbonyl (C=O) groups excluding carboxylic acids is 1. The predicted octanol–water partition coefficient (Wildman–Crippen LogP) is 2.49. The fourth-order valence-electron chi connectivity index (χ4n) is 1.16. The van der Waals surface area contributed by atoms with Gasteiger partial charge in [-0.15, -0.1) is 0 Å². The zero-order valence-corrected chi connectivity index (χ0v) is 10.7. The highest BCUT2D eigenvalue weighted by Gasteiger charge is 1.99. The molecular formula is C12H24N2O2. The van der Waals surface area contributed by atoms with Gasteiger partial charge in [-0.25, -0.2) is 0 Å². The number of amides is 1. The molecule has 1 amide bonds. The molecule has 0 atom stereocenters. The van der Waals surface area contributed by atoms with Crippen LogP contribution in [0.5, 0.6) is 0 Å². The van der Waals surface area contributed by atoms with Gasteiger partial charge in [0.2, 0.25) is 5.91 Å². The van der Waals surface area contributed by atoms with Crippen LogP contribution in [0.15, 0.2) is 5.16 Å². The molecule has 0 radical (unpaired) electrons. The average molecular weight is 228 g/mol. The van der Waals surface area contributed by atoms with E-state index in [4.69, 9.17) is 4.84 Å². The number of nitrogens with one attached hydrogen (secondary N) is 1. The Hall–Kier alpha value is -1.06. The Morgan fingerprint density at radius 1 is 1.25 bits per heavy atom. The molecule has 0 aromatic carbocycles. The van der Waals surface area contributed by atoms with Gasteiger partial charge in [-0.2, -0.15) is 0 Å². The molecule has 0 heterocycles. The topological polar surface area (TPSA) is 50.7 Å². The molecule has 0 aromatic rings. The minimum Gasteiger partial charge on any atom is -0.396 e. The van der Waals surface area contributed by atoms with E-state index in [2.05, 4.69) is 10.5 Å². The minimum atomic E-state index is 0.158. The van der Waals surface area contributed by atoms with E-state index in [9.17, 15) is 4.79 Å². The molecule has 94 valence electrons. The van der Waals surface area contributed by atoms with Crippen LogP contribution in [-0.4, -0.2) is 24.8 Å². The Morgan fingerprint density at radius 3 is 2.62 bits per heavy atom. The highest BCUT2D eigenvalue weighted by molar-refractivity contribution is 5.78. The van der Waals surface area contributed by atoms with Crippen molar-refractivity contribution in [2.24, 2.45) is 5.16 Å². The number of unbranched alkanes of at least 4 members (excludes halogenated alkanes) is 2. The molecule has 1 N–H and O–H groups in total. The molecule has 16 heavy (non-hydrogen) atoms. The lowest BCUT2D eigenvalue weighted by molar-refractivity contribution is -0.121. The fraction of sp³-hybridized carbons (Fsp3) is 0.833. The Bertz CT molecular complexity index is 211. The first-order valence-electron chi connectivity index (χ1n) is 6.06. The third-order valence-electron chi connectivity index (χ3n) is 1.96. The Kier molecular flexibility index (Phi) is 9.76. The lowest BCUT2D eigenvalue weighted by Gasteiger charge is -2.03. The van der Waals surface area contributed by atoms with Gasteiger partial charge in [0.25, 0.3) is 0 Å². The summed E-state index contributed by atoms with van der Waals surface area (Å²) in [4.78, 5) is 16.3. The molecule has 4 heteroatoms. The summed E-state index contributed by atoms with van der Waals surface area (Å²) in [6.07, 6.45) is 4.51. The summed E-state index contributed by atoms with van der Waals surface area (Å²) in [5, 5.41) is 6.69. The molecule has 0 aromatic heterocycles. The van der Waals surface area contributed by atoms with Crippen molar-refractivity contribution < 1.29 is 9.63 Å². The average Bonchev–Trinajstić information content (AvgIpc) is 2.24. The second kappa shape index (κ2) is 10.5. The van der Waals surface area contributed by atoms with Crippen LogP contribution >= 0.6 is 0 Å². The summed E-state index contributed by atoms with van der Waals surface area (Å²) in [7, 11) is 0. The second-order valence-electron chi connectivity index (χ2n) is 4.03. The smallest absolute Gasteiger partial charge is 0.219 e. The van der Waals surface area contributed by atoms with Gasteiger partial charge in [-0.3, -0.25) is 4.79 Å². The van der Waals surface area contributed by atoms with Crippen LogP contribution < -0.4 is 5.32 Å². The van der Waals surface area contributed by atoms with Crippen LogP contribution in [0.1, 0.15) is 52.9 Å². The number of oxime groups is 1. The monoisotopic (exact) mass is 228 g/mol. The Labute approximate surface area is 98.4 Å². The molecule has 0 aliphatic heterocycles. The van der Waals surface area contributed by atoms with Crippen molar-refractivity contribution >= 4 is 11.6 Å². The third kappa shape index (κ3) is 11.0. The zero-order valence-electron chi connectivity index (χ0n) is 10.7. The molecule has 0 bridgehead atoms. The van der Waals surface area contributed by atoms with E-state index in [0.717, 1.165) is 37.9 Å². The van der Waals surface area contributed by atoms with Crippen LogP contribution in [0.4, 0.5) is 0 Å². The van der Waals surface area contributed by atoms with E-state index in [-0.39, 0.29) is 5.91 Å². The van der Waals surface area contributed by atoms with Crippen molar-refractivity contribution in [1.29, 1.82) is 0 Å². The van der Waals surface area contributed by atoms with E-state index in [1.807, 2.05) is 20.8 Å². The van der Waals surface area contributed by atoms with Gasteiger partial charge in [0.1, 0.15) is 6.61 Å². The van der Waals surface area contributed by atoms with E-state index in [0.29, 0.717) is 13.0 Å². The number of rotatable bonds is 9. The molecule has 4 nitrogen and oxygen atoms in total. The fourth-order valence-corrected chi connectivity index (χ4v) is 1.16. The lowest BCUT2D eigenvalue weighted by atomic mass is 10.2. The lowest BCUT2D eigenvalue weighted by Crippen LogP contribution is -2.23. The van der Waals surface area contributed by atoms with Crippen LogP contribution in [0.25, 0.3) is 0 Å². The third-order valence-corrected chi connectivity index (χ3v) is 1.96. The molecule has 0 aliphatic carbocycles. The van der Waals surface area contributed by atoms with Crippen molar-refractivity contribution in [1.82, 2.24) is 5.32 Å². The van der Waals surface area contributed by atoms with Gasteiger partial charge in [-0.05, 0) is 39.5 Å². The standard InChI is InChI=1S/C12H24N2O2/c1-4-9-13-12(15)8-6-5-7-10-16-14-11(2)3/h4-10H2,1-3H3,(H,13,15). The van der Waals surface area contributed by atoms with Crippen molar-refractivity contribution in [2.75, 3.05) is 13.2 Å². The van der Waals surface area contributed by atoms with Crippen molar-refractivity contribution in [3.05, 3.63) is 0 Å². The number of carbonyl (C=O) groups is 1. The first kappa shape index (κ1) is 14.9. The maximum absolute atomic E-state index is 11.2. The number of hydrogen-bond donors (Lipinski definition) is 1. The van der Waals surface area contributed by atoms with E-state index in [1.165, 1.54) is 0 Å². The molecule has 0 spiro atoms. The summed E-state index contributed by atoms with van der Waals surface area (Å²) < 4.78 is 0. The quantitative estimate of drug-likeness (QED) is 0.374. The van der Waals surface area contributed by atoms with Gasteiger partial charge >= 0.3 is 0 Å². The molecule has 0 rings (SSSR count). The minimum absolute atomic E-state index is 0.158. The van der Waals surface area contributed by atoms with Gasteiger partial charge in [0, 0.05) is 13.0 Å². The van der Waals surface area contributed by atoms with Crippen LogP contribution in [0.3, 0.4) is 0 Å². The molecule has 0 saturated carbocycles. The highest BCUT2D eigenvalue weighted by atomic mass is 16.6. The number of hydrogen-bond acceptors (Lipinski definition) is 3. The summed E-state index contributed by atoms with van der Waals surface area (Å²) in [5.41, 5.74) is 0.930. The first-order chi connectivity index (χ1) is 7.66. The highest BCUT2D eigenvalue weighted by Crippen LogP contribution is 2.00. The normalized spacial score (nSPS) is 9.69. The second-order valence-corrected chi connectivity index (χ2v) is 4.03. The van der Waals surface area contributed by atoms with Crippen molar-refractivity contribution in [2.45, 2.75) is 52.9 Å². The van der Waals surface area contributed by atoms with E-state index < -0.39 is 0 Å². The van der Waals surface area contributed by atoms with Crippen molar-refractivity contribution in [3.63, 3.8) is 0 Å². The summed E-state index contributed by atoms with van der Waals surface area (Å²) in [6, 6.07) is 0. The Morgan fingerprint density at radius 2 is 2.00 bits per heavy atom. The number of nitrogens with zero attached hydrogens (tertiary/aromatic N) is 1. The van der Waals surface area contributed by atoms with Crippen molar-refractivity contribution in [3.8, 4) is 0 Å². The van der Waals surface area contributed by atoms with Gasteiger partial charge in [0.15, 0.2) is 0 Å². The summed E-state index contributed by atoms with van der Waals surface area (Å²) in [6.45, 7) is 7.28. The molecule has 0 aliphatic rings.